The fraction of sp³-hybridized carbons (Fsp3) is 0.179. The Hall–Kier alpha value is -4.56. The molecule has 5 rings (SSSR count). The first kappa shape index (κ1) is 37.9. The highest BCUT2D eigenvalue weighted by Crippen LogP contribution is 2.28. The summed E-state index contributed by atoms with van der Waals surface area (Å²) < 4.78 is 51.4. The molecule has 0 bridgehead atoms. The highest BCUT2D eigenvalue weighted by atomic mass is 32.2. The van der Waals surface area contributed by atoms with Crippen LogP contribution in [0.15, 0.2) is 156 Å². The first-order valence-corrected chi connectivity index (χ1v) is 18.1. The third kappa shape index (κ3) is 9.73. The lowest BCUT2D eigenvalue weighted by Crippen LogP contribution is -2.31. The fourth-order valence-electron chi connectivity index (χ4n) is 4.62. The van der Waals surface area contributed by atoms with E-state index >= 15 is 0 Å². The van der Waals surface area contributed by atoms with Gasteiger partial charge in [0.05, 0.1) is 9.79 Å². The van der Waals surface area contributed by atoms with Gasteiger partial charge in [0.2, 0.25) is 20.0 Å². The summed E-state index contributed by atoms with van der Waals surface area (Å²) in [6.07, 6.45) is 12.3. The standard InChI is InChI=1S/C15H12O.C13H17NO2S.C11H13NO2S/c1-2-15(16,13-9-5-3-6-10-13)14-11-7-4-8-12-14;1-4-10-14(11-5-2)17(15,16)13-8-6-12(3)7-9-13;1-10-4-6-11(7-5-10)15(13,14)12-8-2-3-9-12/h1,3-12,16H;4-9H,1-2,10-11H2,3H3;2-7H,8-9H2,1H3. The molecule has 1 aliphatic heterocycles. The molecule has 1 heterocycles. The van der Waals surface area contributed by atoms with Gasteiger partial charge in [-0.05, 0) is 38.1 Å². The Labute approximate surface area is 286 Å². The van der Waals surface area contributed by atoms with Crippen molar-refractivity contribution in [2.24, 2.45) is 0 Å². The molecule has 0 spiro atoms. The molecule has 0 radical (unpaired) electrons. The van der Waals surface area contributed by atoms with Crippen LogP contribution < -0.4 is 0 Å². The lowest BCUT2D eigenvalue weighted by atomic mass is 9.87. The minimum absolute atomic E-state index is 0.280. The smallest absolute Gasteiger partial charge is 0.243 e. The van der Waals surface area contributed by atoms with Gasteiger partial charge in [0.1, 0.15) is 0 Å². The molecule has 250 valence electrons. The van der Waals surface area contributed by atoms with Gasteiger partial charge in [0.15, 0.2) is 5.60 Å². The van der Waals surface area contributed by atoms with E-state index < -0.39 is 25.6 Å². The molecular weight excluding hydrogens is 641 g/mol. The molecule has 4 aromatic carbocycles. The predicted octanol–water partition coefficient (Wildman–Crippen LogP) is 6.47. The van der Waals surface area contributed by atoms with Crippen molar-refractivity contribution in [2.75, 3.05) is 26.2 Å². The molecule has 0 aromatic heterocycles. The molecule has 0 unspecified atom stereocenters. The minimum atomic E-state index is -3.45. The van der Waals surface area contributed by atoms with E-state index in [0.717, 1.165) is 11.1 Å². The number of sulfonamides is 2. The molecule has 0 aliphatic carbocycles. The van der Waals surface area contributed by atoms with E-state index in [2.05, 4.69) is 19.1 Å². The monoisotopic (exact) mass is 682 g/mol. The van der Waals surface area contributed by atoms with Gasteiger partial charge in [-0.3, -0.25) is 0 Å². The summed E-state index contributed by atoms with van der Waals surface area (Å²) >= 11 is 0. The van der Waals surface area contributed by atoms with Crippen molar-refractivity contribution < 1.29 is 21.9 Å². The van der Waals surface area contributed by atoms with Gasteiger partial charge < -0.3 is 5.11 Å². The van der Waals surface area contributed by atoms with Crippen LogP contribution in [0, 0.1) is 26.2 Å². The summed E-state index contributed by atoms with van der Waals surface area (Å²) in [6, 6.07) is 32.3. The second-order valence-electron chi connectivity index (χ2n) is 10.9. The summed E-state index contributed by atoms with van der Waals surface area (Å²) in [5.41, 5.74) is 2.17. The van der Waals surface area contributed by atoms with Crippen LogP contribution in [0.1, 0.15) is 22.3 Å². The number of hydrogen-bond acceptors (Lipinski definition) is 5. The largest absolute Gasteiger partial charge is 0.369 e. The number of aryl methyl sites for hydroxylation is 2. The van der Waals surface area contributed by atoms with E-state index in [4.69, 9.17) is 6.42 Å². The summed E-state index contributed by atoms with van der Waals surface area (Å²) in [5.74, 6) is 2.47. The third-order valence-electron chi connectivity index (χ3n) is 7.36. The maximum Gasteiger partial charge on any atom is 0.243 e. The van der Waals surface area contributed by atoms with Gasteiger partial charge in [0.25, 0.3) is 0 Å². The van der Waals surface area contributed by atoms with Crippen LogP contribution in [0.3, 0.4) is 0 Å². The van der Waals surface area contributed by atoms with Crippen LogP contribution in [0.4, 0.5) is 0 Å². The zero-order valence-electron chi connectivity index (χ0n) is 27.3. The Morgan fingerprint density at radius 1 is 0.729 bits per heavy atom. The van der Waals surface area contributed by atoms with Crippen molar-refractivity contribution >= 4 is 20.0 Å². The van der Waals surface area contributed by atoms with Crippen molar-refractivity contribution in [3.8, 4) is 12.3 Å². The average Bonchev–Trinajstić information content (AvgIpc) is 3.66. The van der Waals surface area contributed by atoms with E-state index in [-0.39, 0.29) is 13.1 Å². The van der Waals surface area contributed by atoms with E-state index in [1.54, 1.807) is 48.6 Å². The quantitative estimate of drug-likeness (QED) is 0.153. The molecule has 48 heavy (non-hydrogen) atoms. The van der Waals surface area contributed by atoms with Gasteiger partial charge in [0, 0.05) is 37.3 Å². The van der Waals surface area contributed by atoms with Crippen molar-refractivity contribution in [2.45, 2.75) is 29.2 Å². The summed E-state index contributed by atoms with van der Waals surface area (Å²) in [6.45, 7) is 12.5. The zero-order valence-corrected chi connectivity index (χ0v) is 28.9. The SMILES string of the molecule is C#CC(O)(c1ccccc1)c1ccccc1.C=CCN(CC=C)S(=O)(=O)c1ccc(C)cc1.Cc1ccc(S(=O)(=O)N2CC=CC2)cc1. The number of rotatable bonds is 10. The van der Waals surface area contributed by atoms with Crippen molar-refractivity contribution in [3.63, 3.8) is 0 Å². The number of hydrogen-bond donors (Lipinski definition) is 1. The second kappa shape index (κ2) is 17.6. The Balaban J connectivity index is 0.000000196. The highest BCUT2D eigenvalue weighted by molar-refractivity contribution is 7.89. The number of aliphatic hydroxyl groups is 1. The lowest BCUT2D eigenvalue weighted by Gasteiger charge is -2.23. The zero-order chi connectivity index (χ0) is 35.2. The number of benzene rings is 4. The molecule has 0 fully saturated rings. The molecule has 0 atom stereocenters. The van der Waals surface area contributed by atoms with Crippen LogP contribution in [-0.4, -0.2) is 56.7 Å². The molecule has 0 saturated carbocycles. The molecule has 9 heteroatoms. The first-order chi connectivity index (χ1) is 22.9. The van der Waals surface area contributed by atoms with Crippen LogP contribution >= 0.6 is 0 Å². The molecule has 7 nitrogen and oxygen atoms in total. The Kier molecular flexibility index (Phi) is 13.9. The second-order valence-corrected chi connectivity index (χ2v) is 14.8. The molecule has 0 saturated heterocycles. The van der Waals surface area contributed by atoms with Gasteiger partial charge in [-0.1, -0.05) is 126 Å². The van der Waals surface area contributed by atoms with E-state index in [1.807, 2.05) is 98.8 Å². The lowest BCUT2D eigenvalue weighted by molar-refractivity contribution is 0.145. The van der Waals surface area contributed by atoms with Gasteiger partial charge >= 0.3 is 0 Å². The van der Waals surface area contributed by atoms with Crippen LogP contribution in [-0.2, 0) is 25.6 Å². The molecule has 4 aromatic rings. The average molecular weight is 683 g/mol. The number of nitrogens with zero attached hydrogens (tertiary/aromatic N) is 2. The predicted molar refractivity (Wildman–Crippen MR) is 194 cm³/mol. The third-order valence-corrected chi connectivity index (χ3v) is 11.1. The molecule has 1 N–H and O–H groups in total. The summed E-state index contributed by atoms with van der Waals surface area (Å²) in [4.78, 5) is 0.670. The summed E-state index contributed by atoms with van der Waals surface area (Å²) in [5, 5.41) is 10.5. The highest BCUT2D eigenvalue weighted by Gasteiger charge is 2.28. The Morgan fingerprint density at radius 3 is 1.50 bits per heavy atom. The maximum atomic E-state index is 12.3. The topological polar surface area (TPSA) is 95.0 Å². The van der Waals surface area contributed by atoms with E-state index in [1.165, 1.54) is 8.61 Å². The van der Waals surface area contributed by atoms with E-state index in [0.29, 0.717) is 34.0 Å². The van der Waals surface area contributed by atoms with Crippen LogP contribution in [0.2, 0.25) is 0 Å². The van der Waals surface area contributed by atoms with Crippen LogP contribution in [0.25, 0.3) is 0 Å². The van der Waals surface area contributed by atoms with Crippen LogP contribution in [0.5, 0.6) is 0 Å². The van der Waals surface area contributed by atoms with E-state index in [9.17, 15) is 21.9 Å². The normalized spacial score (nSPS) is 13.0. The van der Waals surface area contributed by atoms with Gasteiger partial charge in [-0.25, -0.2) is 16.8 Å². The maximum absolute atomic E-state index is 12.3. The van der Waals surface area contributed by atoms with Crippen molar-refractivity contribution in [3.05, 3.63) is 169 Å². The molecule has 1 aliphatic rings. The van der Waals surface area contributed by atoms with Crippen molar-refractivity contribution in [1.82, 2.24) is 8.61 Å². The summed E-state index contributed by atoms with van der Waals surface area (Å²) in [7, 11) is -6.74. The van der Waals surface area contributed by atoms with Gasteiger partial charge in [-0.15, -0.1) is 19.6 Å². The fourth-order valence-corrected chi connectivity index (χ4v) is 7.35. The van der Waals surface area contributed by atoms with Gasteiger partial charge in [-0.2, -0.15) is 8.61 Å². The first-order valence-electron chi connectivity index (χ1n) is 15.2. The Morgan fingerprint density at radius 2 is 1.12 bits per heavy atom. The minimum Gasteiger partial charge on any atom is -0.369 e. The molecule has 0 amide bonds. The molecular formula is C39H42N2O5S2. The Bertz CT molecular complexity index is 1860. The number of terminal acetylenes is 1. The van der Waals surface area contributed by atoms with Crippen molar-refractivity contribution in [1.29, 1.82) is 0 Å².